The van der Waals surface area contributed by atoms with Crippen molar-refractivity contribution in [1.82, 2.24) is 10.3 Å². The van der Waals surface area contributed by atoms with Crippen molar-refractivity contribution < 1.29 is 48.9 Å². The molecule has 60 heavy (non-hydrogen) atoms. The largest absolute Gasteiger partial charge is 1.00 e. The number of nitrogen functional groups attached to an aromatic ring is 1. The standard InChI is InChI=1S/C20H19N3O.C14H13N3OS.C12H11NO.CH3O.Na/c1-15-6-5-7-17(14-15)23-20(21)22-16-10-12-19(13-11-16)24-18-8-3-2-4-9-18;1-10-6-5-9-12(15-10)16-14(19)17-13(18)11-7-3-2-4-8-11;13-10-6-8-12(9-7-10)14-11-4-2-1-3-5-11;1-2;/h2-14H,1H3,(H3,21,22,23);2-9H,1H3,(H2,15,16,17,18,19);1-9H,13H2;1H3;/q;;;-1;+1. The molecule has 1 aromatic heterocycles. The Hall–Kier alpha value is -6.54. The second-order valence-electron chi connectivity index (χ2n) is 12.3. The van der Waals surface area contributed by atoms with Gasteiger partial charge in [-0.05, 0) is 141 Å². The topological polar surface area (TPSA) is 172 Å². The summed E-state index contributed by atoms with van der Waals surface area (Å²) >= 11 is 5.07. The number of nitrogens with one attached hydrogen (secondary N) is 3. The van der Waals surface area contributed by atoms with Crippen LogP contribution in [0.15, 0.2) is 187 Å². The number of nitrogens with two attached hydrogens (primary N) is 2. The first-order chi connectivity index (χ1) is 28.7. The van der Waals surface area contributed by atoms with Crippen molar-refractivity contribution in [3.63, 3.8) is 0 Å². The van der Waals surface area contributed by atoms with Crippen molar-refractivity contribution in [3.8, 4) is 23.0 Å². The van der Waals surface area contributed by atoms with E-state index in [2.05, 4.69) is 25.9 Å². The fourth-order valence-corrected chi connectivity index (χ4v) is 5.13. The van der Waals surface area contributed by atoms with Gasteiger partial charge in [0.1, 0.15) is 28.8 Å². The molecule has 7 aromatic rings. The Bertz CT molecular complexity index is 2360. The molecule has 0 saturated heterocycles. The molecule has 0 aliphatic heterocycles. The van der Waals surface area contributed by atoms with Crippen LogP contribution in [0.1, 0.15) is 21.6 Å². The molecule has 0 atom stereocenters. The molecule has 11 nitrogen and oxygen atoms in total. The van der Waals surface area contributed by atoms with Crippen LogP contribution in [0.5, 0.6) is 23.0 Å². The Morgan fingerprint density at radius 3 is 1.67 bits per heavy atom. The van der Waals surface area contributed by atoms with Crippen molar-refractivity contribution in [2.24, 2.45) is 10.7 Å². The summed E-state index contributed by atoms with van der Waals surface area (Å²) in [6.45, 7) is 3.92. The van der Waals surface area contributed by atoms with Crippen LogP contribution >= 0.6 is 12.2 Å². The Labute approximate surface area is 378 Å². The van der Waals surface area contributed by atoms with Crippen LogP contribution in [0.25, 0.3) is 0 Å². The average molecular weight is 828 g/mol. The summed E-state index contributed by atoms with van der Waals surface area (Å²) in [6, 6.07) is 56.5. The van der Waals surface area contributed by atoms with E-state index in [1.54, 1.807) is 30.3 Å². The number of thiocarbonyl (C=S) groups is 1. The number of pyridine rings is 1. The van der Waals surface area contributed by atoms with E-state index in [0.717, 1.165) is 58.4 Å². The van der Waals surface area contributed by atoms with Gasteiger partial charge in [-0.25, -0.2) is 9.98 Å². The smallest absolute Gasteiger partial charge is 0.857 e. The Morgan fingerprint density at radius 2 is 1.13 bits per heavy atom. The summed E-state index contributed by atoms with van der Waals surface area (Å²) in [6.07, 6.45) is 0. The van der Waals surface area contributed by atoms with Gasteiger partial charge in [0.25, 0.3) is 5.91 Å². The van der Waals surface area contributed by atoms with Crippen LogP contribution in [0.4, 0.5) is 22.9 Å². The summed E-state index contributed by atoms with van der Waals surface area (Å²) in [5, 5.41) is 17.0. The number of rotatable bonds is 8. The maximum absolute atomic E-state index is 11.9. The number of benzene rings is 6. The van der Waals surface area contributed by atoms with Crippen LogP contribution in [0.2, 0.25) is 0 Å². The number of carbonyl (C=O) groups is 1. The molecule has 0 spiro atoms. The van der Waals surface area contributed by atoms with Crippen LogP contribution in [0.3, 0.4) is 0 Å². The zero-order valence-electron chi connectivity index (χ0n) is 33.9. The number of carbonyl (C=O) groups excluding carboxylic acids is 1. The fraction of sp³-hybridized carbons (Fsp3) is 0.0638. The molecule has 0 radical (unpaired) electrons. The first-order valence-corrected chi connectivity index (χ1v) is 18.7. The predicted octanol–water partition coefficient (Wildman–Crippen LogP) is 6.40. The molecule has 13 heteroatoms. The number of aromatic nitrogens is 1. The molecular weight excluding hydrogens is 782 g/mol. The summed E-state index contributed by atoms with van der Waals surface area (Å²) in [5.74, 6) is 3.89. The van der Waals surface area contributed by atoms with Crippen molar-refractivity contribution in [1.29, 1.82) is 0 Å². The monoisotopic (exact) mass is 827 g/mol. The van der Waals surface area contributed by atoms with E-state index in [0.29, 0.717) is 17.3 Å². The van der Waals surface area contributed by atoms with Gasteiger partial charge < -0.3 is 36.7 Å². The van der Waals surface area contributed by atoms with Gasteiger partial charge in [0.05, 0.1) is 5.69 Å². The Balaban J connectivity index is 0.000000241. The maximum atomic E-state index is 11.9. The first kappa shape index (κ1) is 47.8. The molecule has 0 bridgehead atoms. The van der Waals surface area contributed by atoms with Crippen molar-refractivity contribution in [3.05, 3.63) is 199 Å². The molecule has 7 N–H and O–H groups in total. The quantitative estimate of drug-likeness (QED) is 0.0380. The molecule has 0 fully saturated rings. The molecule has 7 rings (SSSR count). The Morgan fingerprint density at radius 1 is 0.633 bits per heavy atom. The van der Waals surface area contributed by atoms with Crippen LogP contribution in [-0.2, 0) is 0 Å². The number of aliphatic imine (C=N–C) groups is 1. The van der Waals surface area contributed by atoms with E-state index in [9.17, 15) is 4.79 Å². The number of guanidine groups is 1. The predicted molar refractivity (Wildman–Crippen MR) is 241 cm³/mol. The van der Waals surface area contributed by atoms with E-state index in [1.165, 1.54) is 0 Å². The minimum absolute atomic E-state index is 0. The zero-order valence-corrected chi connectivity index (χ0v) is 36.7. The van der Waals surface area contributed by atoms with Crippen LogP contribution < -0.4 is 71.6 Å². The third-order valence-electron chi connectivity index (χ3n) is 7.61. The molecule has 1 heterocycles. The second kappa shape index (κ2) is 26.5. The molecule has 0 aliphatic rings. The normalized spacial score (nSPS) is 9.90. The number of anilines is 3. The average Bonchev–Trinajstić information content (AvgIpc) is 3.25. The van der Waals surface area contributed by atoms with E-state index in [-0.39, 0.29) is 40.6 Å². The number of hydrogen-bond donors (Lipinski definition) is 5. The minimum Gasteiger partial charge on any atom is -0.857 e. The second-order valence-corrected chi connectivity index (χ2v) is 12.7. The van der Waals surface area contributed by atoms with Gasteiger partial charge >= 0.3 is 29.6 Å². The third kappa shape index (κ3) is 17.9. The molecule has 0 unspecified atom stereocenters. The maximum Gasteiger partial charge on any atom is 1.00 e. The minimum atomic E-state index is -0.245. The van der Waals surface area contributed by atoms with E-state index < -0.39 is 0 Å². The van der Waals surface area contributed by atoms with E-state index >= 15 is 0 Å². The zero-order chi connectivity index (χ0) is 42.2. The number of amides is 1. The third-order valence-corrected chi connectivity index (χ3v) is 7.81. The van der Waals surface area contributed by atoms with Gasteiger partial charge in [-0.2, -0.15) is 7.11 Å². The Kier molecular flexibility index (Phi) is 21.1. The molecule has 1 amide bonds. The number of para-hydroxylation sites is 2. The molecular formula is C47H46N7NaO4S. The van der Waals surface area contributed by atoms with Crippen molar-refractivity contribution in [2.45, 2.75) is 13.8 Å². The molecule has 0 saturated carbocycles. The van der Waals surface area contributed by atoms with Gasteiger partial charge in [-0.3, -0.25) is 10.1 Å². The van der Waals surface area contributed by atoms with Gasteiger partial charge in [0, 0.05) is 22.6 Å². The number of hydrogen-bond acceptors (Lipinski definition) is 8. The summed E-state index contributed by atoms with van der Waals surface area (Å²) < 4.78 is 11.3. The van der Waals surface area contributed by atoms with Crippen LogP contribution in [0, 0.1) is 13.8 Å². The van der Waals surface area contributed by atoms with Crippen molar-refractivity contribution >= 4 is 52.1 Å². The first-order valence-electron chi connectivity index (χ1n) is 18.3. The van der Waals surface area contributed by atoms with Crippen molar-refractivity contribution in [2.75, 3.05) is 23.5 Å². The van der Waals surface area contributed by atoms with Gasteiger partial charge in [0.2, 0.25) is 0 Å². The number of nitrogens with zero attached hydrogens (tertiary/aromatic N) is 2. The fourth-order valence-electron chi connectivity index (χ4n) is 4.94. The number of ether oxygens (including phenoxy) is 2. The number of aryl methyl sites for hydroxylation is 2. The van der Waals surface area contributed by atoms with Crippen LogP contribution in [-0.4, -0.2) is 29.1 Å². The molecule has 0 aliphatic carbocycles. The van der Waals surface area contributed by atoms with E-state index in [1.807, 2.05) is 166 Å². The van der Waals surface area contributed by atoms with Gasteiger partial charge in [-0.1, -0.05) is 72.8 Å². The SMILES string of the molecule is C[O-].Cc1cccc(NC(=S)NC(=O)c2ccccc2)n1.Cc1cccc(NC(N)=Nc2ccc(Oc3ccccc3)cc2)c1.Nc1ccc(Oc2ccccc2)cc1.[Na+]. The summed E-state index contributed by atoms with van der Waals surface area (Å²) in [4.78, 5) is 20.5. The van der Waals surface area contributed by atoms with Gasteiger partial charge in [0.15, 0.2) is 11.1 Å². The summed E-state index contributed by atoms with van der Waals surface area (Å²) in [7, 11) is 0.750. The molecule has 300 valence electrons. The van der Waals surface area contributed by atoms with Gasteiger partial charge in [-0.15, -0.1) is 0 Å². The van der Waals surface area contributed by atoms with E-state index in [4.69, 9.17) is 38.3 Å². The molecule has 6 aromatic carbocycles. The summed E-state index contributed by atoms with van der Waals surface area (Å²) in [5.41, 5.74) is 16.5.